The lowest BCUT2D eigenvalue weighted by Gasteiger charge is -2.34. The van der Waals surface area contributed by atoms with Gasteiger partial charge in [0.2, 0.25) is 0 Å². The molecule has 2 N–H and O–H groups in total. The van der Waals surface area contributed by atoms with Crippen molar-refractivity contribution in [2.75, 3.05) is 66.7 Å². The zero-order valence-electron chi connectivity index (χ0n) is 22.2. The Bertz CT molecular complexity index is 860. The SMILES string of the molecule is CC(C)N(CCS(=O)(=O)Cc1ccco1)C(=O)N(CCCN(C)C)CCCN(C)C.O=C(O)C(=O)O. The van der Waals surface area contributed by atoms with Gasteiger partial charge < -0.3 is 34.2 Å². The summed E-state index contributed by atoms with van der Waals surface area (Å²) in [6.07, 6.45) is 3.22. The summed E-state index contributed by atoms with van der Waals surface area (Å²) in [5.74, 6) is -3.45. The summed E-state index contributed by atoms with van der Waals surface area (Å²) in [5, 5.41) is 14.8. The molecule has 0 atom stereocenters. The van der Waals surface area contributed by atoms with Crippen molar-refractivity contribution < 1.29 is 37.4 Å². The molecule has 1 heterocycles. The van der Waals surface area contributed by atoms with Crippen LogP contribution in [0.15, 0.2) is 22.8 Å². The zero-order valence-corrected chi connectivity index (χ0v) is 23.0. The summed E-state index contributed by atoms with van der Waals surface area (Å²) in [6, 6.07) is 3.16. The van der Waals surface area contributed by atoms with Gasteiger partial charge in [-0.1, -0.05) is 0 Å². The molecule has 0 bridgehead atoms. The number of carboxylic acids is 2. The number of furan rings is 1. The highest BCUT2D eigenvalue weighted by atomic mass is 32.2. The van der Waals surface area contributed by atoms with Crippen molar-refractivity contribution in [2.24, 2.45) is 0 Å². The lowest BCUT2D eigenvalue weighted by Crippen LogP contribution is -2.49. The number of amides is 2. The number of urea groups is 1. The average Bonchev–Trinajstić information content (AvgIpc) is 3.24. The molecule has 208 valence electrons. The first-order chi connectivity index (χ1) is 16.7. The van der Waals surface area contributed by atoms with Crippen molar-refractivity contribution >= 4 is 27.8 Å². The van der Waals surface area contributed by atoms with E-state index in [0.29, 0.717) is 18.8 Å². The maximum absolute atomic E-state index is 13.3. The molecular weight excluding hydrogens is 492 g/mol. The second-order valence-corrected chi connectivity index (χ2v) is 11.3. The lowest BCUT2D eigenvalue weighted by molar-refractivity contribution is -0.159. The van der Waals surface area contributed by atoms with Gasteiger partial charge >= 0.3 is 18.0 Å². The number of carbonyl (C=O) groups excluding carboxylic acids is 1. The summed E-state index contributed by atoms with van der Waals surface area (Å²) >= 11 is 0. The van der Waals surface area contributed by atoms with E-state index in [1.807, 2.05) is 46.9 Å². The van der Waals surface area contributed by atoms with E-state index in [1.54, 1.807) is 17.0 Å². The van der Waals surface area contributed by atoms with Crippen LogP contribution in [0.4, 0.5) is 4.79 Å². The van der Waals surface area contributed by atoms with Crippen LogP contribution in [0.5, 0.6) is 0 Å². The maximum atomic E-state index is 13.3. The van der Waals surface area contributed by atoms with Crippen molar-refractivity contribution in [3.63, 3.8) is 0 Å². The summed E-state index contributed by atoms with van der Waals surface area (Å²) < 4.78 is 30.1. The summed E-state index contributed by atoms with van der Waals surface area (Å²) in [6.45, 7) is 7.15. The van der Waals surface area contributed by atoms with Gasteiger partial charge in [0.1, 0.15) is 11.5 Å². The first-order valence-corrected chi connectivity index (χ1v) is 13.5. The van der Waals surface area contributed by atoms with Gasteiger partial charge in [-0.3, -0.25) is 0 Å². The monoisotopic (exact) mass is 534 g/mol. The molecule has 0 fully saturated rings. The van der Waals surface area contributed by atoms with Crippen LogP contribution in [0.1, 0.15) is 32.4 Å². The molecule has 0 unspecified atom stereocenters. The molecular formula is C23H42N4O8S. The molecule has 0 aliphatic rings. The van der Waals surface area contributed by atoms with E-state index in [0.717, 1.165) is 25.9 Å². The van der Waals surface area contributed by atoms with Crippen LogP contribution in [-0.4, -0.2) is 129 Å². The number of rotatable bonds is 14. The third-order valence-electron chi connectivity index (χ3n) is 4.97. The van der Waals surface area contributed by atoms with Gasteiger partial charge in [0.05, 0.1) is 12.0 Å². The van der Waals surface area contributed by atoms with Crippen LogP contribution in [0.25, 0.3) is 0 Å². The molecule has 1 aromatic heterocycles. The first-order valence-electron chi connectivity index (χ1n) is 11.7. The van der Waals surface area contributed by atoms with E-state index in [9.17, 15) is 13.2 Å². The van der Waals surface area contributed by atoms with Gasteiger partial charge in [-0.05, 0) is 80.1 Å². The van der Waals surface area contributed by atoms with Gasteiger partial charge in [0.25, 0.3) is 0 Å². The quantitative estimate of drug-likeness (QED) is 0.335. The molecule has 36 heavy (non-hydrogen) atoms. The predicted molar refractivity (Wildman–Crippen MR) is 137 cm³/mol. The highest BCUT2D eigenvalue weighted by Gasteiger charge is 2.25. The topological polar surface area (TPSA) is 152 Å². The van der Waals surface area contributed by atoms with Crippen LogP contribution in [0.2, 0.25) is 0 Å². The molecule has 13 heteroatoms. The molecule has 0 aromatic carbocycles. The second kappa shape index (κ2) is 16.9. The van der Waals surface area contributed by atoms with Gasteiger partial charge in [-0.2, -0.15) is 0 Å². The average molecular weight is 535 g/mol. The molecule has 1 aromatic rings. The number of carboxylic acid groups (broad SMARTS) is 2. The Hall–Kier alpha value is -2.64. The van der Waals surface area contributed by atoms with E-state index in [2.05, 4.69) is 9.80 Å². The fraction of sp³-hybridized carbons (Fsp3) is 0.696. The van der Waals surface area contributed by atoms with E-state index in [-0.39, 0.29) is 30.1 Å². The minimum Gasteiger partial charge on any atom is -0.473 e. The Kier molecular flexibility index (Phi) is 15.7. The maximum Gasteiger partial charge on any atom is 0.414 e. The van der Waals surface area contributed by atoms with E-state index in [1.165, 1.54) is 6.26 Å². The highest BCUT2D eigenvalue weighted by molar-refractivity contribution is 7.90. The number of hydrogen-bond donors (Lipinski definition) is 2. The molecule has 12 nitrogen and oxygen atoms in total. The van der Waals surface area contributed by atoms with Crippen molar-refractivity contribution in [1.29, 1.82) is 0 Å². The van der Waals surface area contributed by atoms with E-state index >= 15 is 0 Å². The number of hydrogen-bond acceptors (Lipinski definition) is 8. The van der Waals surface area contributed by atoms with E-state index < -0.39 is 21.8 Å². The number of sulfone groups is 1. The third kappa shape index (κ3) is 15.4. The van der Waals surface area contributed by atoms with Crippen molar-refractivity contribution in [2.45, 2.75) is 38.5 Å². The summed E-state index contributed by atoms with van der Waals surface area (Å²) in [7, 11) is 4.70. The van der Waals surface area contributed by atoms with Gasteiger partial charge in [0, 0.05) is 25.7 Å². The van der Waals surface area contributed by atoms with Crippen LogP contribution < -0.4 is 0 Å². The Labute approximate surface area is 214 Å². The largest absolute Gasteiger partial charge is 0.473 e. The van der Waals surface area contributed by atoms with Crippen molar-refractivity contribution in [1.82, 2.24) is 19.6 Å². The summed E-state index contributed by atoms with van der Waals surface area (Å²) in [5.41, 5.74) is 0. The molecule has 0 radical (unpaired) electrons. The lowest BCUT2D eigenvalue weighted by atomic mass is 10.3. The second-order valence-electron chi connectivity index (χ2n) is 9.15. The normalized spacial score (nSPS) is 11.4. The Balaban J connectivity index is 0.00000181. The predicted octanol–water partition coefficient (Wildman–Crippen LogP) is 1.39. The van der Waals surface area contributed by atoms with Crippen molar-refractivity contribution in [3.05, 3.63) is 24.2 Å². The van der Waals surface area contributed by atoms with Gasteiger partial charge in [-0.15, -0.1) is 0 Å². The molecule has 0 aliphatic carbocycles. The van der Waals surface area contributed by atoms with Crippen LogP contribution in [0, 0.1) is 0 Å². The van der Waals surface area contributed by atoms with E-state index in [4.69, 9.17) is 24.2 Å². The standard InChI is InChI=1S/C21H40N4O4S.C2H2O4/c1-19(2)25(15-17-30(27,28)18-20-10-7-16-29-20)21(26)24(13-8-11-22(3)4)14-9-12-23(5)6;3-1(4)2(5)6/h7,10,16,19H,8-9,11-15,17-18H2,1-6H3;(H,3,4)(H,5,6). The zero-order chi connectivity index (χ0) is 27.9. The van der Waals surface area contributed by atoms with Crippen LogP contribution in [0.3, 0.4) is 0 Å². The minimum absolute atomic E-state index is 0.0819. The number of nitrogens with zero attached hydrogens (tertiary/aromatic N) is 4. The van der Waals surface area contributed by atoms with Gasteiger partial charge in [0.15, 0.2) is 9.84 Å². The highest BCUT2D eigenvalue weighted by Crippen LogP contribution is 2.11. The molecule has 0 aliphatic heterocycles. The third-order valence-corrected chi connectivity index (χ3v) is 6.50. The molecule has 2 amide bonds. The molecule has 0 spiro atoms. The number of aliphatic carboxylic acids is 2. The summed E-state index contributed by atoms with van der Waals surface area (Å²) in [4.78, 5) is 39.2. The fourth-order valence-electron chi connectivity index (χ4n) is 3.14. The minimum atomic E-state index is -3.37. The van der Waals surface area contributed by atoms with Gasteiger partial charge in [-0.25, -0.2) is 22.8 Å². The molecule has 0 saturated heterocycles. The first kappa shape index (κ1) is 33.4. The molecule has 1 rings (SSSR count). The smallest absolute Gasteiger partial charge is 0.414 e. The molecule has 0 saturated carbocycles. The Morgan fingerprint density at radius 2 is 1.39 bits per heavy atom. The van der Waals surface area contributed by atoms with Crippen LogP contribution >= 0.6 is 0 Å². The Morgan fingerprint density at radius 1 is 0.889 bits per heavy atom. The van der Waals surface area contributed by atoms with Crippen molar-refractivity contribution in [3.8, 4) is 0 Å². The fourth-order valence-corrected chi connectivity index (χ4v) is 4.35. The Morgan fingerprint density at radius 3 is 1.75 bits per heavy atom. The van der Waals surface area contributed by atoms with Crippen LogP contribution in [-0.2, 0) is 25.2 Å². The number of carbonyl (C=O) groups is 3.